The minimum absolute atomic E-state index is 0.986. The molecule has 0 N–H and O–H groups in total. The van der Waals surface area contributed by atoms with Crippen LogP contribution < -0.4 is 0 Å². The first-order valence-electron chi connectivity index (χ1n) is 7.99. The Balaban J connectivity index is 2.85. The summed E-state index contributed by atoms with van der Waals surface area (Å²) in [6.45, 7) is 6.51. The Morgan fingerprint density at radius 3 is 1.24 bits per heavy atom. The average molecular weight is 242 g/mol. The van der Waals surface area contributed by atoms with Crippen LogP contribution in [0.5, 0.6) is 0 Å². The highest BCUT2D eigenvalue weighted by Gasteiger charge is 1.92. The van der Waals surface area contributed by atoms with Crippen LogP contribution >= 0.6 is 0 Å². The number of ether oxygens (including phenoxy) is 1. The van der Waals surface area contributed by atoms with Gasteiger partial charge in [-0.15, -0.1) is 0 Å². The molecule has 0 aliphatic rings. The van der Waals surface area contributed by atoms with Gasteiger partial charge in [0.25, 0.3) is 0 Å². The largest absolute Gasteiger partial charge is 0.381 e. The molecule has 0 aliphatic heterocycles. The van der Waals surface area contributed by atoms with E-state index in [0.29, 0.717) is 0 Å². The van der Waals surface area contributed by atoms with Crippen molar-refractivity contribution in [2.45, 2.75) is 90.9 Å². The standard InChI is InChI=1S/C16H34O/c1-3-5-7-9-10-12-14-16-17-15-13-11-8-6-4-2/h3-16H2,1-2H3. The topological polar surface area (TPSA) is 9.23 Å². The molecule has 0 aromatic heterocycles. The molecule has 0 aromatic carbocycles. The fourth-order valence-electron chi connectivity index (χ4n) is 2.07. The van der Waals surface area contributed by atoms with E-state index in [1.807, 2.05) is 0 Å². The maximum Gasteiger partial charge on any atom is 0.0466 e. The molecule has 0 heterocycles. The van der Waals surface area contributed by atoms with Crippen molar-refractivity contribution in [3.05, 3.63) is 0 Å². The lowest BCUT2D eigenvalue weighted by Gasteiger charge is -2.04. The van der Waals surface area contributed by atoms with Crippen LogP contribution in [0.4, 0.5) is 0 Å². The summed E-state index contributed by atoms with van der Waals surface area (Å²) in [5.74, 6) is 0. The van der Waals surface area contributed by atoms with Gasteiger partial charge in [0.05, 0.1) is 0 Å². The van der Waals surface area contributed by atoms with Crippen molar-refractivity contribution in [3.8, 4) is 0 Å². The second-order valence-corrected chi connectivity index (χ2v) is 5.15. The van der Waals surface area contributed by atoms with Gasteiger partial charge in [0.15, 0.2) is 0 Å². The van der Waals surface area contributed by atoms with Gasteiger partial charge in [-0.3, -0.25) is 0 Å². The van der Waals surface area contributed by atoms with Crippen LogP contribution in [-0.2, 0) is 4.74 Å². The second kappa shape index (κ2) is 16.0. The predicted molar refractivity (Wildman–Crippen MR) is 77.6 cm³/mol. The minimum atomic E-state index is 0.986. The van der Waals surface area contributed by atoms with Gasteiger partial charge < -0.3 is 4.74 Å². The minimum Gasteiger partial charge on any atom is -0.381 e. The third kappa shape index (κ3) is 16.0. The van der Waals surface area contributed by atoms with E-state index in [1.165, 1.54) is 77.0 Å². The summed E-state index contributed by atoms with van der Waals surface area (Å²) in [5.41, 5.74) is 0. The van der Waals surface area contributed by atoms with E-state index in [9.17, 15) is 0 Å². The molecule has 0 aliphatic carbocycles. The second-order valence-electron chi connectivity index (χ2n) is 5.15. The summed E-state index contributed by atoms with van der Waals surface area (Å²) >= 11 is 0. The molecular formula is C16H34O. The van der Waals surface area contributed by atoms with Crippen molar-refractivity contribution in [3.63, 3.8) is 0 Å². The maximum atomic E-state index is 5.64. The van der Waals surface area contributed by atoms with Gasteiger partial charge in [-0.1, -0.05) is 78.1 Å². The molecule has 0 atom stereocenters. The molecule has 0 rings (SSSR count). The van der Waals surface area contributed by atoms with Crippen molar-refractivity contribution in [2.24, 2.45) is 0 Å². The Hall–Kier alpha value is -0.0400. The van der Waals surface area contributed by atoms with Crippen molar-refractivity contribution in [1.82, 2.24) is 0 Å². The van der Waals surface area contributed by atoms with Gasteiger partial charge in [0.2, 0.25) is 0 Å². The van der Waals surface area contributed by atoms with E-state index in [-0.39, 0.29) is 0 Å². The normalized spacial score (nSPS) is 10.9. The average Bonchev–Trinajstić information content (AvgIpc) is 2.35. The third-order valence-electron chi connectivity index (χ3n) is 3.28. The molecule has 104 valence electrons. The molecule has 0 spiro atoms. The van der Waals surface area contributed by atoms with Crippen molar-refractivity contribution in [2.75, 3.05) is 13.2 Å². The first kappa shape index (κ1) is 17.0. The molecule has 0 radical (unpaired) electrons. The van der Waals surface area contributed by atoms with E-state index in [1.54, 1.807) is 0 Å². The zero-order chi connectivity index (χ0) is 12.6. The third-order valence-corrected chi connectivity index (χ3v) is 3.28. The quantitative estimate of drug-likeness (QED) is 0.354. The Labute approximate surface area is 109 Å². The smallest absolute Gasteiger partial charge is 0.0466 e. The summed E-state index contributed by atoms with van der Waals surface area (Å²) < 4.78 is 5.64. The first-order valence-corrected chi connectivity index (χ1v) is 7.99. The van der Waals surface area contributed by atoms with Crippen molar-refractivity contribution in [1.29, 1.82) is 0 Å². The molecule has 0 bridgehead atoms. The highest BCUT2D eigenvalue weighted by atomic mass is 16.5. The molecule has 0 saturated heterocycles. The maximum absolute atomic E-state index is 5.64. The van der Waals surface area contributed by atoms with Gasteiger partial charge in [0.1, 0.15) is 0 Å². The fourth-order valence-corrected chi connectivity index (χ4v) is 2.07. The molecule has 0 unspecified atom stereocenters. The van der Waals surface area contributed by atoms with E-state index in [2.05, 4.69) is 13.8 Å². The van der Waals surface area contributed by atoms with Crippen molar-refractivity contribution >= 4 is 0 Å². The molecular weight excluding hydrogens is 208 g/mol. The molecule has 0 aromatic rings. The van der Waals surface area contributed by atoms with Gasteiger partial charge in [-0.25, -0.2) is 0 Å². The zero-order valence-corrected chi connectivity index (χ0v) is 12.3. The Morgan fingerprint density at radius 2 is 0.824 bits per heavy atom. The SMILES string of the molecule is CCCCCCCCCOCCCCCCC. The molecule has 0 amide bonds. The summed E-state index contributed by atoms with van der Waals surface area (Å²) in [5, 5.41) is 0. The van der Waals surface area contributed by atoms with Gasteiger partial charge in [-0.05, 0) is 12.8 Å². The molecule has 0 saturated carbocycles. The van der Waals surface area contributed by atoms with E-state index < -0.39 is 0 Å². The van der Waals surface area contributed by atoms with Crippen LogP contribution in [-0.4, -0.2) is 13.2 Å². The first-order chi connectivity index (χ1) is 8.41. The summed E-state index contributed by atoms with van der Waals surface area (Å²) in [7, 11) is 0. The molecule has 17 heavy (non-hydrogen) atoms. The molecule has 1 heteroatoms. The lowest BCUT2D eigenvalue weighted by atomic mass is 10.1. The Bertz CT molecular complexity index is 109. The van der Waals surface area contributed by atoms with Crippen LogP contribution in [0.1, 0.15) is 90.9 Å². The van der Waals surface area contributed by atoms with Crippen LogP contribution in [0.25, 0.3) is 0 Å². The zero-order valence-electron chi connectivity index (χ0n) is 12.3. The van der Waals surface area contributed by atoms with E-state index in [4.69, 9.17) is 4.74 Å². The molecule has 0 fully saturated rings. The van der Waals surface area contributed by atoms with Crippen LogP contribution in [0.3, 0.4) is 0 Å². The number of rotatable bonds is 14. The number of hydrogen-bond donors (Lipinski definition) is 0. The van der Waals surface area contributed by atoms with E-state index in [0.717, 1.165) is 13.2 Å². The summed E-state index contributed by atoms with van der Waals surface area (Å²) in [6, 6.07) is 0. The number of hydrogen-bond acceptors (Lipinski definition) is 1. The highest BCUT2D eigenvalue weighted by molar-refractivity contribution is 4.45. The molecule has 1 nitrogen and oxygen atoms in total. The van der Waals surface area contributed by atoms with Crippen LogP contribution in [0.15, 0.2) is 0 Å². The fraction of sp³-hybridized carbons (Fsp3) is 1.00. The Kier molecular flexibility index (Phi) is 15.9. The van der Waals surface area contributed by atoms with E-state index >= 15 is 0 Å². The highest BCUT2D eigenvalue weighted by Crippen LogP contribution is 2.07. The Morgan fingerprint density at radius 1 is 0.471 bits per heavy atom. The summed E-state index contributed by atoms with van der Waals surface area (Å²) in [6.07, 6.45) is 16.4. The lowest BCUT2D eigenvalue weighted by molar-refractivity contribution is 0.125. The predicted octanol–water partition coefficient (Wildman–Crippen LogP) is 5.72. The van der Waals surface area contributed by atoms with Gasteiger partial charge >= 0.3 is 0 Å². The van der Waals surface area contributed by atoms with Crippen molar-refractivity contribution < 1.29 is 4.74 Å². The lowest BCUT2D eigenvalue weighted by Crippen LogP contribution is -1.97. The summed E-state index contributed by atoms with van der Waals surface area (Å²) in [4.78, 5) is 0. The van der Waals surface area contributed by atoms with Crippen LogP contribution in [0.2, 0.25) is 0 Å². The van der Waals surface area contributed by atoms with Gasteiger partial charge in [0, 0.05) is 13.2 Å². The van der Waals surface area contributed by atoms with Crippen LogP contribution in [0, 0.1) is 0 Å². The van der Waals surface area contributed by atoms with Gasteiger partial charge in [-0.2, -0.15) is 0 Å². The monoisotopic (exact) mass is 242 g/mol. The number of unbranched alkanes of at least 4 members (excludes halogenated alkanes) is 10.